The molecule has 0 spiro atoms. The van der Waals surface area contributed by atoms with E-state index in [9.17, 15) is 4.79 Å². The van der Waals surface area contributed by atoms with E-state index in [0.717, 1.165) is 37.7 Å². The first kappa shape index (κ1) is 15.6. The molecule has 1 amide bonds. The molecule has 0 fully saturated rings. The first-order valence-electron chi connectivity index (χ1n) is 7.34. The van der Waals surface area contributed by atoms with Gasteiger partial charge in [-0.25, -0.2) is 9.97 Å². The summed E-state index contributed by atoms with van der Waals surface area (Å²) in [5, 5.41) is 0. The predicted octanol–water partition coefficient (Wildman–Crippen LogP) is 3.36. The van der Waals surface area contributed by atoms with Crippen molar-refractivity contribution in [2.24, 2.45) is 0 Å². The summed E-state index contributed by atoms with van der Waals surface area (Å²) >= 11 is 0. The number of hydrogen-bond donors (Lipinski definition) is 0. The molecule has 0 atom stereocenters. The van der Waals surface area contributed by atoms with Crippen LogP contribution < -0.4 is 4.90 Å². The van der Waals surface area contributed by atoms with Crippen molar-refractivity contribution in [3.63, 3.8) is 0 Å². The SMILES string of the molecule is CCCCN(C(=O)CCC)c1ncc(CCC)cn1. The second kappa shape index (κ2) is 8.62. The molecule has 1 rings (SSSR count). The molecule has 1 aromatic rings. The van der Waals surface area contributed by atoms with Crippen LogP contribution in [0.2, 0.25) is 0 Å². The van der Waals surface area contributed by atoms with E-state index in [1.165, 1.54) is 0 Å². The van der Waals surface area contributed by atoms with Crippen molar-refractivity contribution < 1.29 is 4.79 Å². The molecule has 0 aliphatic heterocycles. The summed E-state index contributed by atoms with van der Waals surface area (Å²) in [5.74, 6) is 0.672. The number of amides is 1. The Morgan fingerprint density at radius 3 is 2.32 bits per heavy atom. The fourth-order valence-electron chi connectivity index (χ4n) is 1.91. The molecule has 0 saturated heterocycles. The van der Waals surface area contributed by atoms with E-state index in [1.807, 2.05) is 19.3 Å². The lowest BCUT2D eigenvalue weighted by atomic mass is 10.2. The molecule has 106 valence electrons. The van der Waals surface area contributed by atoms with Gasteiger partial charge < -0.3 is 0 Å². The largest absolute Gasteiger partial charge is 0.281 e. The van der Waals surface area contributed by atoms with E-state index in [0.29, 0.717) is 18.9 Å². The molecule has 4 nitrogen and oxygen atoms in total. The van der Waals surface area contributed by atoms with E-state index in [-0.39, 0.29) is 5.91 Å². The summed E-state index contributed by atoms with van der Waals surface area (Å²) in [6, 6.07) is 0. The van der Waals surface area contributed by atoms with Crippen molar-refractivity contribution in [1.29, 1.82) is 0 Å². The number of hydrogen-bond acceptors (Lipinski definition) is 3. The van der Waals surface area contributed by atoms with Crippen LogP contribution in [0.4, 0.5) is 5.95 Å². The van der Waals surface area contributed by atoms with Crippen molar-refractivity contribution in [3.05, 3.63) is 18.0 Å². The zero-order chi connectivity index (χ0) is 14.1. The molecule has 0 aromatic carbocycles. The van der Waals surface area contributed by atoms with Gasteiger partial charge in [0.25, 0.3) is 0 Å². The lowest BCUT2D eigenvalue weighted by Crippen LogP contribution is -2.33. The van der Waals surface area contributed by atoms with Crippen LogP contribution >= 0.6 is 0 Å². The van der Waals surface area contributed by atoms with Gasteiger partial charge in [0.2, 0.25) is 11.9 Å². The zero-order valence-corrected chi connectivity index (χ0v) is 12.4. The predicted molar refractivity (Wildman–Crippen MR) is 78.2 cm³/mol. The molecule has 19 heavy (non-hydrogen) atoms. The minimum Gasteiger partial charge on any atom is -0.281 e. The van der Waals surface area contributed by atoms with E-state index in [1.54, 1.807) is 4.90 Å². The van der Waals surface area contributed by atoms with Crippen molar-refractivity contribution in [2.75, 3.05) is 11.4 Å². The van der Waals surface area contributed by atoms with Crippen LogP contribution in [0.3, 0.4) is 0 Å². The Morgan fingerprint density at radius 1 is 1.11 bits per heavy atom. The van der Waals surface area contributed by atoms with Gasteiger partial charge >= 0.3 is 0 Å². The highest BCUT2D eigenvalue weighted by Crippen LogP contribution is 2.12. The normalized spacial score (nSPS) is 10.5. The van der Waals surface area contributed by atoms with Gasteiger partial charge in [0, 0.05) is 25.4 Å². The van der Waals surface area contributed by atoms with Crippen molar-refractivity contribution in [2.45, 2.75) is 59.3 Å². The molecule has 0 unspecified atom stereocenters. The van der Waals surface area contributed by atoms with E-state index in [4.69, 9.17) is 0 Å². The lowest BCUT2D eigenvalue weighted by Gasteiger charge is -2.20. The molecular weight excluding hydrogens is 238 g/mol. The van der Waals surface area contributed by atoms with Gasteiger partial charge in [-0.05, 0) is 24.8 Å². The van der Waals surface area contributed by atoms with E-state index < -0.39 is 0 Å². The van der Waals surface area contributed by atoms with Crippen LogP contribution in [0.5, 0.6) is 0 Å². The minimum atomic E-state index is 0.124. The molecule has 0 aliphatic rings. The molecule has 1 heterocycles. The van der Waals surface area contributed by atoms with Crippen LogP contribution in [0.1, 0.15) is 58.4 Å². The summed E-state index contributed by atoms with van der Waals surface area (Å²) in [6.45, 7) is 6.98. The lowest BCUT2D eigenvalue weighted by molar-refractivity contribution is -0.118. The summed E-state index contributed by atoms with van der Waals surface area (Å²) in [6.07, 6.45) is 9.20. The number of aromatic nitrogens is 2. The second-order valence-electron chi connectivity index (χ2n) is 4.79. The van der Waals surface area contributed by atoms with E-state index in [2.05, 4.69) is 23.8 Å². The molecule has 0 aliphatic carbocycles. The highest BCUT2D eigenvalue weighted by molar-refractivity contribution is 5.91. The average Bonchev–Trinajstić information content (AvgIpc) is 2.41. The maximum Gasteiger partial charge on any atom is 0.232 e. The summed E-state index contributed by atoms with van der Waals surface area (Å²) in [7, 11) is 0. The number of nitrogens with zero attached hydrogens (tertiary/aromatic N) is 3. The summed E-state index contributed by atoms with van der Waals surface area (Å²) in [5.41, 5.74) is 1.13. The molecule has 1 aromatic heterocycles. The third-order valence-corrected chi connectivity index (χ3v) is 2.97. The number of carbonyl (C=O) groups is 1. The second-order valence-corrected chi connectivity index (χ2v) is 4.79. The standard InChI is InChI=1S/C15H25N3O/c1-4-7-10-18(14(19)9-6-3)15-16-11-13(8-5-2)12-17-15/h11-12H,4-10H2,1-3H3. The topological polar surface area (TPSA) is 46.1 Å². The molecular formula is C15H25N3O. The molecule has 0 radical (unpaired) electrons. The highest BCUT2D eigenvalue weighted by atomic mass is 16.2. The van der Waals surface area contributed by atoms with Crippen LogP contribution in [-0.2, 0) is 11.2 Å². The number of rotatable bonds is 8. The van der Waals surface area contributed by atoms with E-state index >= 15 is 0 Å². The van der Waals surface area contributed by atoms with Crippen LogP contribution in [0, 0.1) is 0 Å². The van der Waals surface area contributed by atoms with Gasteiger partial charge in [0.1, 0.15) is 0 Å². The zero-order valence-electron chi connectivity index (χ0n) is 12.4. The number of anilines is 1. The smallest absolute Gasteiger partial charge is 0.232 e. The van der Waals surface area contributed by atoms with Crippen LogP contribution in [0.25, 0.3) is 0 Å². The van der Waals surface area contributed by atoms with Crippen LogP contribution in [0.15, 0.2) is 12.4 Å². The fourth-order valence-corrected chi connectivity index (χ4v) is 1.91. The number of carbonyl (C=O) groups excluding carboxylic acids is 1. The van der Waals surface area contributed by atoms with Gasteiger partial charge in [-0.2, -0.15) is 0 Å². The number of unbranched alkanes of at least 4 members (excludes halogenated alkanes) is 1. The van der Waals surface area contributed by atoms with Crippen molar-refractivity contribution in [1.82, 2.24) is 9.97 Å². The summed E-state index contributed by atoms with van der Waals surface area (Å²) < 4.78 is 0. The summed E-state index contributed by atoms with van der Waals surface area (Å²) in [4.78, 5) is 22.5. The Bertz CT molecular complexity index is 375. The first-order valence-corrected chi connectivity index (χ1v) is 7.34. The fraction of sp³-hybridized carbons (Fsp3) is 0.667. The Morgan fingerprint density at radius 2 is 1.79 bits per heavy atom. The minimum absolute atomic E-state index is 0.124. The maximum absolute atomic E-state index is 12.1. The molecule has 4 heteroatoms. The Balaban J connectivity index is 2.80. The maximum atomic E-state index is 12.1. The van der Waals surface area contributed by atoms with Gasteiger partial charge in [0.15, 0.2) is 0 Å². The van der Waals surface area contributed by atoms with Gasteiger partial charge in [0.05, 0.1) is 0 Å². The highest BCUT2D eigenvalue weighted by Gasteiger charge is 2.16. The van der Waals surface area contributed by atoms with Crippen molar-refractivity contribution in [3.8, 4) is 0 Å². The Kier molecular flexibility index (Phi) is 7.08. The first-order chi connectivity index (χ1) is 9.22. The number of aryl methyl sites for hydroxylation is 1. The average molecular weight is 263 g/mol. The molecule has 0 bridgehead atoms. The third kappa shape index (κ3) is 4.97. The third-order valence-electron chi connectivity index (χ3n) is 2.97. The molecule has 0 N–H and O–H groups in total. The Labute approximate surface area is 116 Å². The monoisotopic (exact) mass is 263 g/mol. The quantitative estimate of drug-likeness (QED) is 0.722. The van der Waals surface area contributed by atoms with Crippen LogP contribution in [-0.4, -0.2) is 22.4 Å². The van der Waals surface area contributed by atoms with Crippen molar-refractivity contribution >= 4 is 11.9 Å². The Hall–Kier alpha value is -1.45. The molecule has 0 saturated carbocycles. The van der Waals surface area contributed by atoms with Gasteiger partial charge in [-0.3, -0.25) is 9.69 Å². The van der Waals surface area contributed by atoms with Gasteiger partial charge in [-0.15, -0.1) is 0 Å². The van der Waals surface area contributed by atoms with Gasteiger partial charge in [-0.1, -0.05) is 33.6 Å².